The lowest BCUT2D eigenvalue weighted by Crippen LogP contribution is -2.35. The Morgan fingerprint density at radius 1 is 0.750 bits per heavy atom. The number of anilines is 1. The summed E-state index contributed by atoms with van der Waals surface area (Å²) in [5.74, 6) is -0.491. The van der Waals surface area contributed by atoms with E-state index in [-0.39, 0.29) is 17.8 Å². The van der Waals surface area contributed by atoms with E-state index in [0.29, 0.717) is 40.2 Å². The third-order valence-corrected chi connectivity index (χ3v) is 7.65. The maximum atomic E-state index is 13.3. The van der Waals surface area contributed by atoms with Crippen molar-refractivity contribution < 1.29 is 28.4 Å². The van der Waals surface area contributed by atoms with Gasteiger partial charge in [-0.25, -0.2) is 4.98 Å². The summed E-state index contributed by atoms with van der Waals surface area (Å²) in [6, 6.07) is 29.6. The number of rotatable bonds is 10. The van der Waals surface area contributed by atoms with Crippen molar-refractivity contribution in [1.82, 2.24) is 20.0 Å². The number of carboxylic acid groups (broad SMARTS) is 1. The minimum atomic E-state index is -1.15. The molecule has 0 fully saturated rings. The Labute approximate surface area is 275 Å². The van der Waals surface area contributed by atoms with Crippen LogP contribution in [0.15, 0.2) is 106 Å². The van der Waals surface area contributed by atoms with Gasteiger partial charge in [0.2, 0.25) is 5.82 Å². The van der Waals surface area contributed by atoms with Gasteiger partial charge in [0.05, 0.1) is 0 Å². The smallest absolute Gasteiger partial charge is 0.323 e. The average molecular weight is 642 g/mol. The standard InChI is InChI=1S/C37H31N5O6/c1-22-4-8-26(9-5-22)27-12-14-29(15-13-27)36-40-34(41-48-36)28-10-6-25(7-11-28)20-42(21-32(43)44)37(46)30-16-18-31(19-17-30)39-35(45)33-23(2)47-24(3)38-33/h4-19H,20-21H2,1-3H3,(H,39,45)(H,43,44). The summed E-state index contributed by atoms with van der Waals surface area (Å²) in [6.07, 6.45) is 0. The summed E-state index contributed by atoms with van der Waals surface area (Å²) in [5, 5.41) is 16.4. The highest BCUT2D eigenvalue weighted by molar-refractivity contribution is 6.04. The number of aryl methyl sites for hydroxylation is 3. The van der Waals surface area contributed by atoms with Crippen molar-refractivity contribution in [3.05, 3.63) is 131 Å². The van der Waals surface area contributed by atoms with Crippen molar-refractivity contribution in [2.24, 2.45) is 0 Å². The Morgan fingerprint density at radius 3 is 1.96 bits per heavy atom. The van der Waals surface area contributed by atoms with Crippen molar-refractivity contribution in [3.63, 3.8) is 0 Å². The molecule has 0 spiro atoms. The van der Waals surface area contributed by atoms with Crippen LogP contribution in [0, 0.1) is 20.8 Å². The molecule has 11 nitrogen and oxygen atoms in total. The molecule has 2 heterocycles. The molecule has 0 aliphatic rings. The summed E-state index contributed by atoms with van der Waals surface area (Å²) < 4.78 is 10.8. The lowest BCUT2D eigenvalue weighted by molar-refractivity contribution is -0.137. The maximum Gasteiger partial charge on any atom is 0.323 e. The lowest BCUT2D eigenvalue weighted by Gasteiger charge is -2.21. The molecule has 0 aliphatic heterocycles. The van der Waals surface area contributed by atoms with Gasteiger partial charge in [0.1, 0.15) is 12.3 Å². The first-order valence-electron chi connectivity index (χ1n) is 15.1. The number of oxazole rings is 1. The fourth-order valence-electron chi connectivity index (χ4n) is 5.16. The molecule has 6 aromatic rings. The molecule has 48 heavy (non-hydrogen) atoms. The van der Waals surface area contributed by atoms with E-state index in [9.17, 15) is 19.5 Å². The summed E-state index contributed by atoms with van der Waals surface area (Å²) in [6.45, 7) is 4.91. The summed E-state index contributed by atoms with van der Waals surface area (Å²) in [7, 11) is 0. The fraction of sp³-hybridized carbons (Fsp3) is 0.135. The van der Waals surface area contributed by atoms with E-state index in [0.717, 1.165) is 16.7 Å². The Balaban J connectivity index is 1.11. The number of aromatic nitrogens is 3. The van der Waals surface area contributed by atoms with Gasteiger partial charge in [0, 0.05) is 35.8 Å². The van der Waals surface area contributed by atoms with Gasteiger partial charge >= 0.3 is 5.97 Å². The van der Waals surface area contributed by atoms with Crippen LogP contribution in [0.1, 0.15) is 43.6 Å². The van der Waals surface area contributed by atoms with Crippen molar-refractivity contribution in [1.29, 1.82) is 0 Å². The van der Waals surface area contributed by atoms with Crippen LogP contribution < -0.4 is 5.32 Å². The second-order valence-corrected chi connectivity index (χ2v) is 11.3. The number of nitrogens with zero attached hydrogens (tertiary/aromatic N) is 4. The number of benzene rings is 4. The van der Waals surface area contributed by atoms with Crippen LogP contribution in [0.3, 0.4) is 0 Å². The van der Waals surface area contributed by atoms with E-state index in [1.165, 1.54) is 22.6 Å². The maximum absolute atomic E-state index is 13.3. The first-order chi connectivity index (χ1) is 23.1. The van der Waals surface area contributed by atoms with E-state index in [4.69, 9.17) is 8.94 Å². The van der Waals surface area contributed by atoms with Crippen LogP contribution in [0.2, 0.25) is 0 Å². The van der Waals surface area contributed by atoms with E-state index in [1.54, 1.807) is 50.2 Å². The Bertz CT molecular complexity index is 2080. The molecule has 0 saturated carbocycles. The van der Waals surface area contributed by atoms with E-state index in [1.807, 2.05) is 24.3 Å². The zero-order valence-corrected chi connectivity index (χ0v) is 26.4. The molecular weight excluding hydrogens is 610 g/mol. The van der Waals surface area contributed by atoms with Gasteiger partial charge in [-0.2, -0.15) is 4.98 Å². The number of nitrogens with one attached hydrogen (secondary N) is 1. The Morgan fingerprint density at radius 2 is 1.35 bits per heavy atom. The van der Waals surface area contributed by atoms with Gasteiger partial charge in [-0.3, -0.25) is 14.4 Å². The molecule has 0 saturated heterocycles. The van der Waals surface area contributed by atoms with E-state index in [2.05, 4.69) is 51.6 Å². The van der Waals surface area contributed by atoms with Crippen molar-refractivity contribution in [2.75, 3.05) is 11.9 Å². The molecular formula is C37H31N5O6. The van der Waals surface area contributed by atoms with Crippen molar-refractivity contribution >= 4 is 23.5 Å². The molecule has 0 atom stereocenters. The number of carboxylic acids is 1. The highest BCUT2D eigenvalue weighted by Gasteiger charge is 2.21. The number of carbonyl (C=O) groups excluding carboxylic acids is 2. The second kappa shape index (κ2) is 13.6. The monoisotopic (exact) mass is 641 g/mol. The Kier molecular flexibility index (Phi) is 8.93. The van der Waals surface area contributed by atoms with E-state index >= 15 is 0 Å². The van der Waals surface area contributed by atoms with Gasteiger partial charge in [-0.15, -0.1) is 0 Å². The number of aliphatic carboxylic acids is 1. The van der Waals surface area contributed by atoms with Crippen molar-refractivity contribution in [3.8, 4) is 34.0 Å². The average Bonchev–Trinajstić information content (AvgIpc) is 3.71. The summed E-state index contributed by atoms with van der Waals surface area (Å²) in [5.41, 5.74) is 6.50. The molecule has 240 valence electrons. The molecule has 2 aromatic heterocycles. The molecule has 6 rings (SSSR count). The van der Waals surface area contributed by atoms with Gasteiger partial charge in [0.15, 0.2) is 11.6 Å². The first kappa shape index (κ1) is 31.6. The fourth-order valence-corrected chi connectivity index (χ4v) is 5.16. The van der Waals surface area contributed by atoms with Gasteiger partial charge in [-0.05, 0) is 66.9 Å². The highest BCUT2D eigenvalue weighted by atomic mass is 16.5. The Hall–Kier alpha value is -6.36. The van der Waals surface area contributed by atoms with Crippen LogP contribution >= 0.6 is 0 Å². The number of hydrogen-bond acceptors (Lipinski definition) is 8. The third-order valence-electron chi connectivity index (χ3n) is 7.65. The molecule has 0 unspecified atom stereocenters. The van der Waals surface area contributed by atoms with Crippen LogP contribution in [0.4, 0.5) is 5.69 Å². The molecule has 11 heteroatoms. The predicted molar refractivity (Wildman–Crippen MR) is 178 cm³/mol. The van der Waals surface area contributed by atoms with Crippen LogP contribution in [-0.4, -0.2) is 49.5 Å². The summed E-state index contributed by atoms with van der Waals surface area (Å²) in [4.78, 5) is 47.4. The second-order valence-electron chi connectivity index (χ2n) is 11.3. The normalized spacial score (nSPS) is 10.9. The highest BCUT2D eigenvalue weighted by Crippen LogP contribution is 2.27. The largest absolute Gasteiger partial charge is 0.480 e. The molecule has 0 aliphatic carbocycles. The molecule has 0 bridgehead atoms. The van der Waals surface area contributed by atoms with Gasteiger partial charge in [-0.1, -0.05) is 71.4 Å². The topological polar surface area (TPSA) is 152 Å². The molecule has 0 radical (unpaired) electrons. The molecule has 2 amide bonds. The predicted octanol–water partition coefficient (Wildman–Crippen LogP) is 6.96. The minimum absolute atomic E-state index is 0.0551. The SMILES string of the molecule is Cc1ccc(-c2ccc(-c3nc(-c4ccc(CN(CC(=O)O)C(=O)c5ccc(NC(=O)c6nc(C)oc6C)cc5)cc4)no3)cc2)cc1. The van der Waals surface area contributed by atoms with Crippen LogP contribution in [-0.2, 0) is 11.3 Å². The molecule has 2 N–H and O–H groups in total. The van der Waals surface area contributed by atoms with Gasteiger partial charge < -0.3 is 24.3 Å². The number of amides is 2. The first-order valence-corrected chi connectivity index (χ1v) is 15.1. The summed E-state index contributed by atoms with van der Waals surface area (Å²) >= 11 is 0. The van der Waals surface area contributed by atoms with Gasteiger partial charge in [0.25, 0.3) is 17.7 Å². The quantitative estimate of drug-likeness (QED) is 0.162. The zero-order chi connectivity index (χ0) is 33.8. The van der Waals surface area contributed by atoms with Crippen molar-refractivity contribution in [2.45, 2.75) is 27.3 Å². The lowest BCUT2D eigenvalue weighted by atomic mass is 10.0. The zero-order valence-electron chi connectivity index (χ0n) is 26.4. The van der Waals surface area contributed by atoms with Crippen LogP contribution in [0.5, 0.6) is 0 Å². The number of hydrogen-bond donors (Lipinski definition) is 2. The van der Waals surface area contributed by atoms with Crippen LogP contribution in [0.25, 0.3) is 34.0 Å². The third kappa shape index (κ3) is 7.20. The number of carbonyl (C=O) groups is 3. The molecule has 4 aromatic carbocycles. The van der Waals surface area contributed by atoms with E-state index < -0.39 is 24.3 Å². The minimum Gasteiger partial charge on any atom is -0.480 e.